The number of rotatable bonds is 40. The molecule has 1 atom stereocenters. The third kappa shape index (κ3) is 43.6. The van der Waals surface area contributed by atoms with Gasteiger partial charge in [-0.2, -0.15) is 0 Å². The molecule has 6 nitrogen and oxygen atoms in total. The average Bonchev–Trinajstić information content (AvgIpc) is 3.21. The van der Waals surface area contributed by atoms with Gasteiger partial charge < -0.3 is 14.2 Å². The number of hydrogen-bond acceptors (Lipinski definition) is 6. The summed E-state index contributed by atoms with van der Waals surface area (Å²) in [6, 6.07) is 0. The molecule has 0 saturated carbocycles. The van der Waals surface area contributed by atoms with Crippen LogP contribution in [0.4, 0.5) is 0 Å². The van der Waals surface area contributed by atoms with Crippen LogP contribution in [0.5, 0.6) is 0 Å². The summed E-state index contributed by atoms with van der Waals surface area (Å²) in [6.45, 7) is 6.29. The van der Waals surface area contributed by atoms with Crippen LogP contribution in [0.15, 0.2) is 85.1 Å². The van der Waals surface area contributed by atoms with Crippen molar-refractivity contribution in [2.24, 2.45) is 0 Å². The zero-order valence-electron chi connectivity index (χ0n) is 36.8. The number of allylic oxidation sites excluding steroid dienone is 14. The minimum absolute atomic E-state index is 0.104. The lowest BCUT2D eigenvalue weighted by atomic mass is 10.1. The van der Waals surface area contributed by atoms with Gasteiger partial charge in [-0.15, -0.1) is 0 Å². The number of carbonyl (C=O) groups excluding carboxylic acids is 3. The smallest absolute Gasteiger partial charge is 0.306 e. The van der Waals surface area contributed by atoms with Crippen LogP contribution >= 0.6 is 0 Å². The molecule has 0 bridgehead atoms. The van der Waals surface area contributed by atoms with Crippen molar-refractivity contribution >= 4 is 17.9 Å². The zero-order valence-corrected chi connectivity index (χ0v) is 36.8. The number of esters is 3. The van der Waals surface area contributed by atoms with Crippen molar-refractivity contribution in [2.75, 3.05) is 13.2 Å². The van der Waals surface area contributed by atoms with Gasteiger partial charge in [0.15, 0.2) is 6.10 Å². The minimum Gasteiger partial charge on any atom is -0.462 e. The molecule has 0 aromatic carbocycles. The van der Waals surface area contributed by atoms with E-state index in [9.17, 15) is 14.4 Å². The standard InChI is InChI=1S/C51H84O6/c1-4-7-10-13-16-19-22-24-25-26-27-30-32-35-38-41-44-50(53)56-47-48(46-55-49(52)43-40-37-34-31-28-21-18-15-12-9-6-3)57-51(54)45-42-39-36-33-29-23-20-17-14-11-8-5-2/h7,9-10,12,16-21,24-25,31,34,48H,4-6,8,11,13-15,22-23,26-30,32-33,35-47H2,1-3H3/b10-7-,12-9-,19-16-,20-17-,21-18-,25-24-,34-31-. The van der Waals surface area contributed by atoms with Gasteiger partial charge in [0.05, 0.1) is 0 Å². The summed E-state index contributed by atoms with van der Waals surface area (Å²) in [5.41, 5.74) is 0. The molecule has 0 aliphatic heterocycles. The Morgan fingerprint density at radius 1 is 0.368 bits per heavy atom. The Hall–Kier alpha value is -3.41. The highest BCUT2D eigenvalue weighted by Crippen LogP contribution is 2.12. The van der Waals surface area contributed by atoms with Gasteiger partial charge >= 0.3 is 17.9 Å². The van der Waals surface area contributed by atoms with Crippen LogP contribution in [0.2, 0.25) is 0 Å². The first-order valence-electron chi connectivity index (χ1n) is 23.1. The van der Waals surface area contributed by atoms with Crippen molar-refractivity contribution in [3.8, 4) is 0 Å². The lowest BCUT2D eigenvalue weighted by Gasteiger charge is -2.18. The molecule has 0 aliphatic rings. The Morgan fingerprint density at radius 3 is 1.16 bits per heavy atom. The number of carbonyl (C=O) groups is 3. The predicted octanol–water partition coefficient (Wildman–Crippen LogP) is 14.9. The van der Waals surface area contributed by atoms with Crippen molar-refractivity contribution in [3.63, 3.8) is 0 Å². The topological polar surface area (TPSA) is 78.9 Å². The molecular weight excluding hydrogens is 709 g/mol. The number of unbranched alkanes of at least 4 members (excludes halogenated alkanes) is 15. The quantitative estimate of drug-likeness (QED) is 0.0266. The molecule has 1 unspecified atom stereocenters. The van der Waals surface area contributed by atoms with Crippen LogP contribution in [0, 0.1) is 0 Å². The molecule has 6 heteroatoms. The zero-order chi connectivity index (χ0) is 41.5. The van der Waals surface area contributed by atoms with Crippen molar-refractivity contribution in [1.82, 2.24) is 0 Å². The predicted molar refractivity (Wildman–Crippen MR) is 242 cm³/mol. The summed E-state index contributed by atoms with van der Waals surface area (Å²) in [4.78, 5) is 37.7. The maximum absolute atomic E-state index is 12.7. The van der Waals surface area contributed by atoms with E-state index in [1.165, 1.54) is 44.9 Å². The average molecular weight is 793 g/mol. The van der Waals surface area contributed by atoms with Crippen LogP contribution in [0.1, 0.15) is 201 Å². The number of hydrogen-bond donors (Lipinski definition) is 0. The molecule has 0 saturated heterocycles. The fourth-order valence-electron chi connectivity index (χ4n) is 5.94. The molecule has 0 fully saturated rings. The van der Waals surface area contributed by atoms with Gasteiger partial charge in [-0.25, -0.2) is 0 Å². The normalized spacial score (nSPS) is 12.8. The monoisotopic (exact) mass is 793 g/mol. The van der Waals surface area contributed by atoms with E-state index in [1.54, 1.807) is 0 Å². The van der Waals surface area contributed by atoms with E-state index in [-0.39, 0.29) is 37.5 Å². The summed E-state index contributed by atoms with van der Waals surface area (Å²) >= 11 is 0. The second kappa shape index (κ2) is 45.3. The van der Waals surface area contributed by atoms with E-state index >= 15 is 0 Å². The molecule has 0 radical (unpaired) electrons. The van der Waals surface area contributed by atoms with E-state index in [0.717, 1.165) is 109 Å². The van der Waals surface area contributed by atoms with Crippen LogP contribution in [0.25, 0.3) is 0 Å². The van der Waals surface area contributed by atoms with E-state index in [0.29, 0.717) is 19.3 Å². The van der Waals surface area contributed by atoms with Gasteiger partial charge in [0, 0.05) is 19.3 Å². The molecule has 0 rings (SSSR count). The van der Waals surface area contributed by atoms with Crippen molar-refractivity contribution in [3.05, 3.63) is 85.1 Å². The molecule has 0 heterocycles. The largest absolute Gasteiger partial charge is 0.462 e. The molecular formula is C51H84O6. The fourth-order valence-corrected chi connectivity index (χ4v) is 5.94. The Morgan fingerprint density at radius 2 is 0.702 bits per heavy atom. The van der Waals surface area contributed by atoms with Crippen molar-refractivity contribution in [1.29, 1.82) is 0 Å². The molecule has 0 aromatic rings. The van der Waals surface area contributed by atoms with Crippen LogP contribution in [-0.4, -0.2) is 37.2 Å². The molecule has 0 amide bonds. The first-order chi connectivity index (χ1) is 28.0. The van der Waals surface area contributed by atoms with Crippen molar-refractivity contribution < 1.29 is 28.6 Å². The Labute approximate surface area is 350 Å². The second-order valence-corrected chi connectivity index (χ2v) is 14.9. The van der Waals surface area contributed by atoms with Crippen molar-refractivity contribution in [2.45, 2.75) is 207 Å². The molecule has 324 valence electrons. The highest BCUT2D eigenvalue weighted by Gasteiger charge is 2.19. The third-order valence-electron chi connectivity index (χ3n) is 9.36. The summed E-state index contributed by atoms with van der Waals surface area (Å²) in [7, 11) is 0. The van der Waals surface area contributed by atoms with E-state index in [1.807, 2.05) is 0 Å². The summed E-state index contributed by atoms with van der Waals surface area (Å²) in [5, 5.41) is 0. The lowest BCUT2D eigenvalue weighted by Crippen LogP contribution is -2.30. The fraction of sp³-hybridized carbons (Fsp3) is 0.667. The Balaban J connectivity index is 4.46. The SMILES string of the molecule is CC/C=C\C/C=C\C/C=C\CCCCCCCCC(=O)OCC(COC(=O)CCC/C=C\C/C=C\C/C=C\CC)OC(=O)CCCCCCC/C=C\CCCCC. The third-order valence-corrected chi connectivity index (χ3v) is 9.36. The molecule has 0 N–H and O–H groups in total. The van der Waals surface area contributed by atoms with Crippen LogP contribution in [-0.2, 0) is 28.6 Å². The Bertz CT molecular complexity index is 1140. The first kappa shape index (κ1) is 53.6. The molecule has 57 heavy (non-hydrogen) atoms. The summed E-state index contributed by atoms with van der Waals surface area (Å²) < 4.78 is 16.6. The highest BCUT2D eigenvalue weighted by atomic mass is 16.6. The molecule has 0 aliphatic carbocycles. The summed E-state index contributed by atoms with van der Waals surface area (Å²) in [5.74, 6) is -0.989. The number of ether oxygens (including phenoxy) is 3. The maximum atomic E-state index is 12.7. The van der Waals surface area contributed by atoms with Gasteiger partial charge in [-0.3, -0.25) is 14.4 Å². The summed E-state index contributed by atoms with van der Waals surface area (Å²) in [6.07, 6.45) is 57.2. The molecule has 0 spiro atoms. The molecule has 0 aromatic heterocycles. The minimum atomic E-state index is -0.804. The Kier molecular flexibility index (Phi) is 42.6. The van der Waals surface area contributed by atoms with Crippen LogP contribution in [0.3, 0.4) is 0 Å². The van der Waals surface area contributed by atoms with Gasteiger partial charge in [0.25, 0.3) is 0 Å². The van der Waals surface area contributed by atoms with Crippen LogP contribution < -0.4 is 0 Å². The van der Waals surface area contributed by atoms with Gasteiger partial charge in [0.2, 0.25) is 0 Å². The maximum Gasteiger partial charge on any atom is 0.306 e. The first-order valence-corrected chi connectivity index (χ1v) is 23.1. The lowest BCUT2D eigenvalue weighted by molar-refractivity contribution is -0.167. The van der Waals surface area contributed by atoms with E-state index in [2.05, 4.69) is 106 Å². The van der Waals surface area contributed by atoms with Gasteiger partial charge in [-0.05, 0) is 103 Å². The highest BCUT2D eigenvalue weighted by molar-refractivity contribution is 5.71. The second-order valence-electron chi connectivity index (χ2n) is 14.9. The van der Waals surface area contributed by atoms with Gasteiger partial charge in [-0.1, -0.05) is 164 Å². The van der Waals surface area contributed by atoms with Gasteiger partial charge in [0.1, 0.15) is 13.2 Å². The van der Waals surface area contributed by atoms with E-state index < -0.39 is 6.10 Å². The van der Waals surface area contributed by atoms with E-state index in [4.69, 9.17) is 14.2 Å².